The minimum Gasteiger partial charge on any atom is -0.459 e. The Kier molecular flexibility index (Phi) is 4.44. The van der Waals surface area contributed by atoms with Crippen molar-refractivity contribution in [1.82, 2.24) is 15.1 Å². The second kappa shape index (κ2) is 6.51. The molecule has 0 spiro atoms. The number of anilines is 1. The molecule has 1 aliphatic rings. The molecular formula is C15H20N4O4. The molecule has 1 aliphatic carbocycles. The molecular weight excluding hydrogens is 300 g/mol. The zero-order chi connectivity index (χ0) is 16.3. The van der Waals surface area contributed by atoms with Crippen molar-refractivity contribution < 1.29 is 18.7 Å². The number of likely N-dealkylation sites (N-methyl/N-ethyl adjacent to an activating group) is 1. The van der Waals surface area contributed by atoms with Gasteiger partial charge in [-0.25, -0.2) is 0 Å². The van der Waals surface area contributed by atoms with Gasteiger partial charge in [-0.05, 0) is 32.0 Å². The third-order valence-corrected chi connectivity index (χ3v) is 3.92. The molecule has 0 radical (unpaired) electrons. The summed E-state index contributed by atoms with van der Waals surface area (Å²) in [5, 5.41) is 20.5. The molecule has 0 aliphatic heterocycles. The number of nitrogens with zero attached hydrogens (tertiary/aromatic N) is 3. The minimum absolute atomic E-state index is 0.0226. The van der Waals surface area contributed by atoms with Crippen molar-refractivity contribution in [2.45, 2.75) is 31.3 Å². The van der Waals surface area contributed by atoms with E-state index in [9.17, 15) is 9.90 Å². The molecule has 0 saturated heterocycles. The fourth-order valence-corrected chi connectivity index (χ4v) is 2.93. The molecule has 2 N–H and O–H groups in total. The lowest BCUT2D eigenvalue weighted by Crippen LogP contribution is -2.42. The number of aromatic nitrogens is 2. The monoisotopic (exact) mass is 320 g/mol. The van der Waals surface area contributed by atoms with Crippen LogP contribution in [0.25, 0.3) is 11.7 Å². The number of hydrogen-bond donors (Lipinski definition) is 2. The highest BCUT2D eigenvalue weighted by molar-refractivity contribution is 5.90. The average Bonchev–Trinajstić information content (AvgIpc) is 3.18. The standard InChI is InChI=1S/C15H20N4O4/c1-19(10-15(21)6-2-3-7-15)9-12(20)16-14-18-17-13(23-14)11-5-4-8-22-11/h4-5,8,21H,2-3,6-7,9-10H2,1H3,(H,16,18,20). The Morgan fingerprint density at radius 2 is 2.22 bits per heavy atom. The fraction of sp³-hybridized carbons (Fsp3) is 0.533. The number of aliphatic hydroxyl groups is 1. The lowest BCUT2D eigenvalue weighted by atomic mass is 10.0. The largest absolute Gasteiger partial charge is 0.459 e. The Labute approximate surface area is 133 Å². The maximum atomic E-state index is 12.0. The first kappa shape index (κ1) is 15.7. The van der Waals surface area contributed by atoms with Crippen molar-refractivity contribution in [2.24, 2.45) is 0 Å². The SMILES string of the molecule is CN(CC(=O)Nc1nnc(-c2ccco2)o1)CC1(O)CCCC1. The first-order valence-electron chi connectivity index (χ1n) is 7.62. The number of carbonyl (C=O) groups excluding carboxylic acids is 1. The molecule has 0 unspecified atom stereocenters. The predicted molar refractivity (Wildman–Crippen MR) is 81.5 cm³/mol. The number of hydrogen-bond acceptors (Lipinski definition) is 7. The van der Waals surface area contributed by atoms with Crippen LogP contribution in [0.15, 0.2) is 27.2 Å². The van der Waals surface area contributed by atoms with E-state index in [1.54, 1.807) is 24.1 Å². The van der Waals surface area contributed by atoms with Crippen LogP contribution in [0.4, 0.5) is 6.01 Å². The van der Waals surface area contributed by atoms with E-state index in [4.69, 9.17) is 8.83 Å². The van der Waals surface area contributed by atoms with E-state index < -0.39 is 5.60 Å². The van der Waals surface area contributed by atoms with Crippen LogP contribution in [0.2, 0.25) is 0 Å². The lowest BCUT2D eigenvalue weighted by Gasteiger charge is -2.27. The predicted octanol–water partition coefficient (Wildman–Crippen LogP) is 1.50. The van der Waals surface area contributed by atoms with Crippen molar-refractivity contribution >= 4 is 11.9 Å². The Morgan fingerprint density at radius 3 is 2.91 bits per heavy atom. The van der Waals surface area contributed by atoms with Gasteiger partial charge in [0.15, 0.2) is 5.76 Å². The maximum Gasteiger partial charge on any atom is 0.322 e. The van der Waals surface area contributed by atoms with Crippen LogP contribution in [0, 0.1) is 0 Å². The van der Waals surface area contributed by atoms with Gasteiger partial charge in [-0.2, -0.15) is 0 Å². The van der Waals surface area contributed by atoms with Crippen molar-refractivity contribution in [2.75, 3.05) is 25.5 Å². The van der Waals surface area contributed by atoms with E-state index in [2.05, 4.69) is 15.5 Å². The van der Waals surface area contributed by atoms with Crippen molar-refractivity contribution in [3.8, 4) is 11.7 Å². The second-order valence-corrected chi connectivity index (χ2v) is 6.04. The molecule has 3 rings (SSSR count). The Bertz CT molecular complexity index is 646. The van der Waals surface area contributed by atoms with E-state index in [0.717, 1.165) is 25.7 Å². The van der Waals surface area contributed by atoms with E-state index in [0.29, 0.717) is 12.3 Å². The van der Waals surface area contributed by atoms with Gasteiger partial charge in [-0.3, -0.25) is 15.0 Å². The van der Waals surface area contributed by atoms with Crippen LogP contribution in [0.5, 0.6) is 0 Å². The van der Waals surface area contributed by atoms with Crippen LogP contribution in [0.1, 0.15) is 25.7 Å². The topological polar surface area (TPSA) is 105 Å². The van der Waals surface area contributed by atoms with E-state index in [-0.39, 0.29) is 24.4 Å². The average molecular weight is 320 g/mol. The molecule has 8 nitrogen and oxygen atoms in total. The van der Waals surface area contributed by atoms with Gasteiger partial charge in [0.1, 0.15) is 0 Å². The van der Waals surface area contributed by atoms with E-state index in [1.165, 1.54) is 6.26 Å². The highest BCUT2D eigenvalue weighted by Gasteiger charge is 2.32. The minimum atomic E-state index is -0.675. The van der Waals surface area contributed by atoms with Gasteiger partial charge in [0, 0.05) is 6.54 Å². The summed E-state index contributed by atoms with van der Waals surface area (Å²) in [6, 6.07) is 3.42. The Hall–Kier alpha value is -2.19. The van der Waals surface area contributed by atoms with Gasteiger partial charge >= 0.3 is 6.01 Å². The molecule has 1 fully saturated rings. The first-order valence-corrected chi connectivity index (χ1v) is 7.62. The van der Waals surface area contributed by atoms with Gasteiger partial charge in [0.05, 0.1) is 18.4 Å². The third kappa shape index (κ3) is 3.96. The molecule has 1 amide bonds. The molecule has 8 heteroatoms. The van der Waals surface area contributed by atoms with Gasteiger partial charge < -0.3 is 13.9 Å². The van der Waals surface area contributed by atoms with Crippen molar-refractivity contribution in [3.63, 3.8) is 0 Å². The molecule has 124 valence electrons. The molecule has 2 aromatic rings. The number of nitrogens with one attached hydrogen (secondary N) is 1. The Morgan fingerprint density at radius 1 is 1.43 bits per heavy atom. The number of carbonyl (C=O) groups is 1. The van der Waals surface area contributed by atoms with Crippen LogP contribution in [0.3, 0.4) is 0 Å². The van der Waals surface area contributed by atoms with Gasteiger partial charge in [0.25, 0.3) is 5.89 Å². The molecule has 2 aromatic heterocycles. The van der Waals surface area contributed by atoms with Gasteiger partial charge in [0.2, 0.25) is 5.91 Å². The van der Waals surface area contributed by atoms with Gasteiger partial charge in [-0.1, -0.05) is 17.9 Å². The summed E-state index contributed by atoms with van der Waals surface area (Å²) in [5.74, 6) is 0.376. The number of rotatable bonds is 6. The molecule has 2 heterocycles. The van der Waals surface area contributed by atoms with Crippen LogP contribution in [-0.4, -0.2) is 51.8 Å². The number of amides is 1. The normalized spacial score (nSPS) is 16.8. The molecule has 0 aromatic carbocycles. The van der Waals surface area contributed by atoms with Crippen molar-refractivity contribution in [3.05, 3.63) is 18.4 Å². The highest BCUT2D eigenvalue weighted by atomic mass is 16.4. The summed E-state index contributed by atoms with van der Waals surface area (Å²) in [4.78, 5) is 13.8. The van der Waals surface area contributed by atoms with Crippen LogP contribution in [-0.2, 0) is 4.79 Å². The lowest BCUT2D eigenvalue weighted by molar-refractivity contribution is -0.117. The third-order valence-electron chi connectivity index (χ3n) is 3.92. The molecule has 23 heavy (non-hydrogen) atoms. The first-order chi connectivity index (χ1) is 11.0. The zero-order valence-corrected chi connectivity index (χ0v) is 13.0. The van der Waals surface area contributed by atoms with E-state index in [1.807, 2.05) is 0 Å². The summed E-state index contributed by atoms with van der Waals surface area (Å²) in [6.07, 6.45) is 5.15. The van der Waals surface area contributed by atoms with Crippen molar-refractivity contribution in [1.29, 1.82) is 0 Å². The zero-order valence-electron chi connectivity index (χ0n) is 13.0. The summed E-state index contributed by atoms with van der Waals surface area (Å²) in [6.45, 7) is 0.614. The molecule has 1 saturated carbocycles. The summed E-state index contributed by atoms with van der Waals surface area (Å²) in [5.41, 5.74) is -0.675. The number of furan rings is 1. The smallest absolute Gasteiger partial charge is 0.322 e. The fourth-order valence-electron chi connectivity index (χ4n) is 2.93. The summed E-state index contributed by atoms with van der Waals surface area (Å²) < 4.78 is 10.5. The summed E-state index contributed by atoms with van der Waals surface area (Å²) >= 11 is 0. The van der Waals surface area contributed by atoms with E-state index >= 15 is 0 Å². The maximum absolute atomic E-state index is 12.0. The summed E-state index contributed by atoms with van der Waals surface area (Å²) in [7, 11) is 1.80. The second-order valence-electron chi connectivity index (χ2n) is 6.04. The van der Waals surface area contributed by atoms with Gasteiger partial charge in [-0.15, -0.1) is 5.10 Å². The van der Waals surface area contributed by atoms with Crippen LogP contribution < -0.4 is 5.32 Å². The molecule has 0 atom stereocenters. The van der Waals surface area contributed by atoms with Crippen LogP contribution >= 0.6 is 0 Å². The Balaban J connectivity index is 1.51. The quantitative estimate of drug-likeness (QED) is 0.831. The molecule has 0 bridgehead atoms. The highest BCUT2D eigenvalue weighted by Crippen LogP contribution is 2.29.